The minimum Gasteiger partial charge on any atom is -0.309 e. The number of nitriles is 1. The van der Waals surface area contributed by atoms with Crippen molar-refractivity contribution in [1.82, 2.24) is 68.9 Å². The minimum absolute atomic E-state index is 0.483. The first kappa shape index (κ1) is 49.7. The summed E-state index contributed by atoms with van der Waals surface area (Å²) >= 11 is 0. The van der Waals surface area contributed by atoms with Gasteiger partial charge in [-0.3, -0.25) is 0 Å². The first-order valence-corrected chi connectivity index (χ1v) is 26.3. The summed E-state index contributed by atoms with van der Waals surface area (Å²) in [5.74, 6) is 7.34. The molecule has 0 spiro atoms. The maximum Gasteiger partial charge on any atom is 0.187 e. The van der Waals surface area contributed by atoms with E-state index in [4.69, 9.17) is 46.4 Å². The monoisotopic (exact) mass is 1050 g/mol. The van der Waals surface area contributed by atoms with Gasteiger partial charge in [0.25, 0.3) is 0 Å². The Hall–Kier alpha value is -10.8. The highest BCUT2D eigenvalue weighted by Crippen LogP contribution is 2.45. The summed E-state index contributed by atoms with van der Waals surface area (Å²) in [6, 6.07) is 46.0. The average Bonchev–Trinajstić information content (AvgIpc) is 3.41. The quantitative estimate of drug-likeness (QED) is 0.131. The molecule has 0 aliphatic carbocycles. The Labute approximate surface area is 465 Å². The van der Waals surface area contributed by atoms with Crippen LogP contribution in [0, 0.1) is 80.2 Å². The van der Waals surface area contributed by atoms with E-state index in [2.05, 4.69) is 125 Å². The summed E-state index contributed by atoms with van der Waals surface area (Å²) in [7, 11) is 0. The van der Waals surface area contributed by atoms with Crippen molar-refractivity contribution in [2.24, 2.45) is 0 Å². The highest BCUT2D eigenvalue weighted by atomic mass is 15.1. The molecule has 6 aromatic heterocycles. The molecule has 16 nitrogen and oxygen atoms in total. The number of rotatable bonds is 8. The van der Waals surface area contributed by atoms with Gasteiger partial charge in [0.1, 0.15) is 46.6 Å². The maximum absolute atomic E-state index is 10.8. The van der Waals surface area contributed by atoms with Crippen LogP contribution in [-0.2, 0) is 0 Å². The van der Waals surface area contributed by atoms with Gasteiger partial charge in [-0.15, -0.1) is 0 Å². The van der Waals surface area contributed by atoms with E-state index in [0.29, 0.717) is 81.1 Å². The lowest BCUT2D eigenvalue weighted by atomic mass is 9.93. The number of aromatic nitrogens is 14. The molecule has 6 heterocycles. The fraction of sp³-hybridized carbons (Fsp3) is 0.138. The molecule has 0 aliphatic rings. The molecule has 0 aliphatic heterocycles. The summed E-state index contributed by atoms with van der Waals surface area (Å²) in [5.41, 5.74) is 14.3. The van der Waals surface area contributed by atoms with Gasteiger partial charge in [0.15, 0.2) is 29.0 Å². The third-order valence-corrected chi connectivity index (χ3v) is 14.5. The van der Waals surface area contributed by atoms with Crippen LogP contribution in [0.2, 0.25) is 0 Å². The van der Waals surface area contributed by atoms with Crippen molar-refractivity contribution < 1.29 is 0 Å². The highest BCUT2D eigenvalue weighted by Gasteiger charge is 2.25. The van der Waals surface area contributed by atoms with Gasteiger partial charge < -0.3 is 9.13 Å². The Balaban J connectivity index is 1.12. The van der Waals surface area contributed by atoms with Gasteiger partial charge in [0, 0.05) is 54.9 Å². The molecule has 13 aromatic rings. The second-order valence-corrected chi connectivity index (χ2v) is 20.3. The van der Waals surface area contributed by atoms with Crippen molar-refractivity contribution in [2.45, 2.75) is 62.3 Å². The predicted molar refractivity (Wildman–Crippen MR) is 315 cm³/mol. The fourth-order valence-electron chi connectivity index (χ4n) is 11.3. The van der Waals surface area contributed by atoms with Gasteiger partial charge in [-0.05, 0) is 171 Å². The molecular weight excluding hydrogens is 1000 g/mol. The molecule has 0 unspecified atom stereocenters. The zero-order valence-corrected chi connectivity index (χ0v) is 45.8. The molecule has 7 aromatic carbocycles. The van der Waals surface area contributed by atoms with Gasteiger partial charge in [-0.1, -0.05) is 35.9 Å². The molecule has 388 valence electrons. The van der Waals surface area contributed by atoms with Crippen molar-refractivity contribution in [1.29, 1.82) is 5.26 Å². The van der Waals surface area contributed by atoms with Crippen LogP contribution in [0.1, 0.15) is 57.7 Å². The van der Waals surface area contributed by atoms with Gasteiger partial charge in [-0.25, -0.2) is 64.7 Å². The first-order chi connectivity index (χ1) is 39.2. The standard InChI is InChI=1S/C65H48N16/c1-33-25-48(67-10)17-19-49(33)43-12-20-56(80-57-21-13-44(62-72-34(2)68-35(3)73-62)28-52(57)53-29-45(14-22-58(53)80)63-74-36(4)69-37(5)75-63)51(27-43)50-18-11-42(32-66)26-61(50)81-59-23-15-46(64-76-38(6)70-39(7)77-64)30-54(59)55-31-47(16-24-60(55)81)65-78-40(8)71-41(9)79-65/h11-31H,1-9H3. The van der Waals surface area contributed by atoms with Gasteiger partial charge >= 0.3 is 0 Å². The molecular formula is C65H48N16. The summed E-state index contributed by atoms with van der Waals surface area (Å²) in [5, 5.41) is 14.6. The minimum atomic E-state index is 0.483. The Bertz CT molecular complexity index is 4620. The van der Waals surface area contributed by atoms with Crippen LogP contribution >= 0.6 is 0 Å². The van der Waals surface area contributed by atoms with E-state index in [-0.39, 0.29) is 0 Å². The highest BCUT2D eigenvalue weighted by molar-refractivity contribution is 6.14. The number of hydrogen-bond acceptors (Lipinski definition) is 13. The summed E-state index contributed by atoms with van der Waals surface area (Å²) in [4.78, 5) is 59.9. The fourth-order valence-corrected chi connectivity index (χ4v) is 11.3. The zero-order chi connectivity index (χ0) is 56.0. The van der Waals surface area contributed by atoms with Crippen LogP contribution in [0.25, 0.3) is 128 Å². The van der Waals surface area contributed by atoms with Crippen LogP contribution in [0.15, 0.2) is 127 Å². The molecule has 0 bridgehead atoms. The van der Waals surface area contributed by atoms with E-state index in [1.165, 1.54) is 0 Å². The second kappa shape index (κ2) is 19.3. The molecule has 0 radical (unpaired) electrons. The SMILES string of the molecule is [C-]#[N+]c1ccc(-c2ccc(-n3c4ccc(-c5nc(C)nc(C)n5)cc4c4cc(-c5nc(C)nc(C)n5)ccc43)c(-c3ccc(C#N)cc3-n3c4ccc(-c5nc(C)nc(C)n5)cc4c4cc(-c5nc(C)nc(C)n5)ccc43)c2)c(C)c1. The Morgan fingerprint density at radius 1 is 0.346 bits per heavy atom. The van der Waals surface area contributed by atoms with E-state index in [1.807, 2.05) is 105 Å². The Kier molecular flexibility index (Phi) is 11.8. The predicted octanol–water partition coefficient (Wildman–Crippen LogP) is 13.8. The van der Waals surface area contributed by atoms with Crippen LogP contribution in [0.3, 0.4) is 0 Å². The lowest BCUT2D eigenvalue weighted by Gasteiger charge is -2.20. The third kappa shape index (κ3) is 8.81. The smallest absolute Gasteiger partial charge is 0.187 e. The third-order valence-electron chi connectivity index (χ3n) is 14.5. The van der Waals surface area contributed by atoms with Crippen molar-refractivity contribution in [3.05, 3.63) is 197 Å². The van der Waals surface area contributed by atoms with Gasteiger partial charge in [-0.2, -0.15) is 5.26 Å². The van der Waals surface area contributed by atoms with Crippen molar-refractivity contribution in [3.8, 4) is 85.2 Å². The van der Waals surface area contributed by atoms with E-state index >= 15 is 0 Å². The number of nitrogens with zero attached hydrogens (tertiary/aromatic N) is 16. The molecule has 0 N–H and O–H groups in total. The van der Waals surface area contributed by atoms with Crippen LogP contribution < -0.4 is 0 Å². The van der Waals surface area contributed by atoms with Crippen LogP contribution in [0.5, 0.6) is 0 Å². The van der Waals surface area contributed by atoms with E-state index in [0.717, 1.165) is 105 Å². The molecule has 81 heavy (non-hydrogen) atoms. The largest absolute Gasteiger partial charge is 0.309 e. The summed E-state index contributed by atoms with van der Waals surface area (Å²) in [6.45, 7) is 24.8. The van der Waals surface area contributed by atoms with Gasteiger partial charge in [0.2, 0.25) is 0 Å². The molecule has 0 saturated carbocycles. The molecule has 16 heteroatoms. The number of fused-ring (bicyclic) bond motifs is 6. The van der Waals surface area contributed by atoms with Gasteiger partial charge in [0.05, 0.1) is 51.6 Å². The Morgan fingerprint density at radius 2 is 0.704 bits per heavy atom. The van der Waals surface area contributed by atoms with Crippen molar-refractivity contribution in [3.63, 3.8) is 0 Å². The van der Waals surface area contributed by atoms with E-state index in [9.17, 15) is 5.26 Å². The number of hydrogen-bond donors (Lipinski definition) is 0. The molecule has 0 amide bonds. The first-order valence-electron chi connectivity index (χ1n) is 26.3. The zero-order valence-electron chi connectivity index (χ0n) is 45.8. The van der Waals surface area contributed by atoms with E-state index in [1.54, 1.807) is 0 Å². The Morgan fingerprint density at radius 3 is 1.06 bits per heavy atom. The molecule has 13 rings (SSSR count). The second-order valence-electron chi connectivity index (χ2n) is 20.3. The maximum atomic E-state index is 10.8. The topological polar surface area (TPSA) is 193 Å². The molecule has 0 fully saturated rings. The lowest BCUT2D eigenvalue weighted by Crippen LogP contribution is -2.03. The van der Waals surface area contributed by atoms with Crippen LogP contribution in [-0.4, -0.2) is 68.9 Å². The van der Waals surface area contributed by atoms with Crippen molar-refractivity contribution >= 4 is 49.3 Å². The average molecular weight is 1050 g/mol. The van der Waals surface area contributed by atoms with E-state index < -0.39 is 0 Å². The normalized spacial score (nSPS) is 11.5. The number of benzene rings is 7. The van der Waals surface area contributed by atoms with Crippen molar-refractivity contribution in [2.75, 3.05) is 0 Å². The lowest BCUT2D eigenvalue weighted by molar-refractivity contribution is 0.928. The summed E-state index contributed by atoms with van der Waals surface area (Å²) < 4.78 is 4.56. The summed E-state index contributed by atoms with van der Waals surface area (Å²) in [6.07, 6.45) is 0. The molecule has 0 atom stereocenters. The number of aryl methyl sites for hydroxylation is 9. The van der Waals surface area contributed by atoms with Crippen LogP contribution in [0.4, 0.5) is 5.69 Å². The molecule has 0 saturated heterocycles.